The van der Waals surface area contributed by atoms with Crippen LogP contribution in [0.15, 0.2) is 23.3 Å². The number of carboxylic acids is 1. The van der Waals surface area contributed by atoms with Crippen molar-refractivity contribution in [2.75, 3.05) is 12.4 Å². The smallest absolute Gasteiger partial charge is 0.339 e. The van der Waals surface area contributed by atoms with Crippen LogP contribution in [0.3, 0.4) is 0 Å². The number of hydrogen-bond donors (Lipinski definition) is 3. The molecular formula is C13H13N3O5. The molecule has 21 heavy (non-hydrogen) atoms. The molecule has 1 aliphatic heterocycles. The van der Waals surface area contributed by atoms with Crippen LogP contribution in [-0.4, -0.2) is 45.8 Å². The molecule has 0 aromatic heterocycles. The Morgan fingerprint density at radius 3 is 2.62 bits per heavy atom. The Kier molecular flexibility index (Phi) is 3.88. The lowest BCUT2D eigenvalue weighted by molar-refractivity contribution is -0.130. The Balaban J connectivity index is 2.13. The maximum atomic E-state index is 12.0. The fourth-order valence-corrected chi connectivity index (χ4v) is 1.83. The average molecular weight is 291 g/mol. The van der Waals surface area contributed by atoms with Gasteiger partial charge in [0.2, 0.25) is 5.91 Å². The molecular weight excluding hydrogens is 278 g/mol. The maximum Gasteiger partial charge on any atom is 0.339 e. The molecule has 1 heterocycles. The second-order valence-corrected chi connectivity index (χ2v) is 4.46. The number of benzene rings is 1. The molecule has 1 aromatic rings. The molecule has 0 atom stereocenters. The molecule has 2 rings (SSSR count). The minimum Gasteiger partial charge on any atom is -0.507 e. The van der Waals surface area contributed by atoms with E-state index in [0.29, 0.717) is 0 Å². The van der Waals surface area contributed by atoms with E-state index in [4.69, 9.17) is 5.11 Å². The molecule has 3 N–H and O–H groups in total. The van der Waals surface area contributed by atoms with E-state index in [0.717, 1.165) is 11.1 Å². The minimum atomic E-state index is -1.26. The van der Waals surface area contributed by atoms with Crippen molar-refractivity contribution in [2.45, 2.75) is 12.8 Å². The molecule has 0 fully saturated rings. The molecule has 0 bridgehead atoms. The zero-order chi connectivity index (χ0) is 15.6. The molecule has 0 saturated carbocycles. The topological polar surface area (TPSA) is 119 Å². The molecule has 0 saturated heterocycles. The van der Waals surface area contributed by atoms with Crippen molar-refractivity contribution in [3.8, 4) is 5.75 Å². The van der Waals surface area contributed by atoms with E-state index >= 15 is 0 Å². The number of carboxylic acid groups (broad SMARTS) is 1. The number of amides is 2. The van der Waals surface area contributed by atoms with Gasteiger partial charge < -0.3 is 15.5 Å². The van der Waals surface area contributed by atoms with Crippen LogP contribution in [0.1, 0.15) is 23.2 Å². The van der Waals surface area contributed by atoms with Crippen LogP contribution in [0, 0.1) is 0 Å². The Bertz CT molecular complexity index is 653. The van der Waals surface area contributed by atoms with Gasteiger partial charge >= 0.3 is 5.97 Å². The van der Waals surface area contributed by atoms with Gasteiger partial charge in [0, 0.05) is 31.6 Å². The molecule has 8 nitrogen and oxygen atoms in total. The van der Waals surface area contributed by atoms with Gasteiger partial charge in [0.1, 0.15) is 17.0 Å². The Morgan fingerprint density at radius 1 is 1.33 bits per heavy atom. The first-order valence-corrected chi connectivity index (χ1v) is 6.10. The first-order chi connectivity index (χ1) is 9.88. The monoisotopic (exact) mass is 291 g/mol. The average Bonchev–Trinajstić information content (AvgIpc) is 2.41. The van der Waals surface area contributed by atoms with Gasteiger partial charge in [-0.1, -0.05) is 0 Å². The van der Waals surface area contributed by atoms with Crippen molar-refractivity contribution in [3.05, 3.63) is 23.8 Å². The zero-order valence-corrected chi connectivity index (χ0v) is 11.2. The summed E-state index contributed by atoms with van der Waals surface area (Å²) in [7, 11) is 1.46. The van der Waals surface area contributed by atoms with Crippen LogP contribution in [0.4, 0.5) is 5.69 Å². The minimum absolute atomic E-state index is 0.171. The molecule has 8 heteroatoms. The van der Waals surface area contributed by atoms with Crippen molar-refractivity contribution in [3.63, 3.8) is 0 Å². The number of rotatable bonds is 3. The third-order valence-electron chi connectivity index (χ3n) is 2.96. The van der Waals surface area contributed by atoms with E-state index in [9.17, 15) is 19.5 Å². The number of nitrogens with one attached hydrogen (secondary N) is 1. The number of hydrazone groups is 1. The highest BCUT2D eigenvalue weighted by molar-refractivity contribution is 6.43. The first kappa shape index (κ1) is 14.5. The van der Waals surface area contributed by atoms with Gasteiger partial charge in [-0.15, -0.1) is 0 Å². The van der Waals surface area contributed by atoms with Crippen LogP contribution in [0.2, 0.25) is 0 Å². The summed E-state index contributed by atoms with van der Waals surface area (Å²) < 4.78 is 0. The van der Waals surface area contributed by atoms with Crippen LogP contribution in [0.5, 0.6) is 5.75 Å². The van der Waals surface area contributed by atoms with E-state index < -0.39 is 17.6 Å². The van der Waals surface area contributed by atoms with Gasteiger partial charge in [-0.25, -0.2) is 9.80 Å². The van der Waals surface area contributed by atoms with Crippen molar-refractivity contribution in [1.82, 2.24) is 5.01 Å². The number of aromatic carboxylic acids is 1. The van der Waals surface area contributed by atoms with Crippen LogP contribution < -0.4 is 5.32 Å². The van der Waals surface area contributed by atoms with Gasteiger partial charge in [0.25, 0.3) is 5.91 Å². The van der Waals surface area contributed by atoms with Gasteiger partial charge in [-0.2, -0.15) is 5.10 Å². The fourth-order valence-electron chi connectivity index (χ4n) is 1.83. The van der Waals surface area contributed by atoms with Crippen LogP contribution >= 0.6 is 0 Å². The zero-order valence-electron chi connectivity index (χ0n) is 11.2. The fraction of sp³-hybridized carbons (Fsp3) is 0.231. The number of aromatic hydroxyl groups is 1. The highest BCUT2D eigenvalue weighted by Gasteiger charge is 2.22. The molecule has 0 radical (unpaired) electrons. The van der Waals surface area contributed by atoms with Crippen LogP contribution in [-0.2, 0) is 9.59 Å². The number of anilines is 1. The van der Waals surface area contributed by atoms with E-state index in [-0.39, 0.29) is 35.7 Å². The second-order valence-electron chi connectivity index (χ2n) is 4.46. The third-order valence-corrected chi connectivity index (χ3v) is 2.96. The lowest BCUT2D eigenvalue weighted by Crippen LogP contribution is -2.34. The summed E-state index contributed by atoms with van der Waals surface area (Å²) in [6.45, 7) is 0. The Labute approximate surface area is 119 Å². The van der Waals surface area contributed by atoms with E-state index in [2.05, 4.69) is 10.4 Å². The van der Waals surface area contributed by atoms with Crippen molar-refractivity contribution >= 4 is 29.2 Å². The summed E-state index contributed by atoms with van der Waals surface area (Å²) in [5, 5.41) is 25.8. The van der Waals surface area contributed by atoms with Crippen LogP contribution in [0.25, 0.3) is 0 Å². The number of nitrogens with zero attached hydrogens (tertiary/aromatic N) is 2. The predicted molar refractivity (Wildman–Crippen MR) is 73.1 cm³/mol. The number of carbonyl (C=O) groups excluding carboxylic acids is 2. The summed E-state index contributed by atoms with van der Waals surface area (Å²) >= 11 is 0. The number of hydrogen-bond acceptors (Lipinski definition) is 5. The molecule has 0 unspecified atom stereocenters. The van der Waals surface area contributed by atoms with Crippen molar-refractivity contribution in [1.29, 1.82) is 0 Å². The predicted octanol–water partition coefficient (Wildman–Crippen LogP) is 0.637. The SMILES string of the molecule is CN1N=C(C(=O)Nc2ccc(C(=O)O)c(O)c2)CCC1=O. The Morgan fingerprint density at radius 2 is 2.05 bits per heavy atom. The normalized spacial score (nSPS) is 14.6. The van der Waals surface area contributed by atoms with Crippen molar-refractivity contribution < 1.29 is 24.6 Å². The summed E-state index contributed by atoms with van der Waals surface area (Å²) in [6, 6.07) is 3.69. The molecule has 0 aliphatic carbocycles. The second kappa shape index (κ2) is 5.61. The molecule has 2 amide bonds. The summed E-state index contributed by atoms with van der Waals surface area (Å²) in [4.78, 5) is 34.0. The third kappa shape index (κ3) is 3.16. The van der Waals surface area contributed by atoms with Gasteiger partial charge in [0.05, 0.1) is 0 Å². The summed E-state index contributed by atoms with van der Waals surface area (Å²) in [5.74, 6) is -2.38. The lowest BCUT2D eigenvalue weighted by atomic mass is 10.1. The Hall–Kier alpha value is -2.90. The highest BCUT2D eigenvalue weighted by Crippen LogP contribution is 2.22. The first-order valence-electron chi connectivity index (χ1n) is 6.10. The van der Waals surface area contributed by atoms with E-state index in [1.54, 1.807) is 0 Å². The summed E-state index contributed by atoms with van der Waals surface area (Å²) in [5.41, 5.74) is 0.178. The highest BCUT2D eigenvalue weighted by atomic mass is 16.4. The van der Waals surface area contributed by atoms with E-state index in [1.807, 2.05) is 0 Å². The largest absolute Gasteiger partial charge is 0.507 e. The molecule has 1 aliphatic rings. The number of carbonyl (C=O) groups is 3. The quantitative estimate of drug-likeness (QED) is 0.754. The van der Waals surface area contributed by atoms with Gasteiger partial charge in [0.15, 0.2) is 0 Å². The maximum absolute atomic E-state index is 12.0. The lowest BCUT2D eigenvalue weighted by Gasteiger charge is -2.18. The van der Waals surface area contributed by atoms with Gasteiger partial charge in [-0.3, -0.25) is 9.59 Å². The van der Waals surface area contributed by atoms with Crippen molar-refractivity contribution in [2.24, 2.45) is 5.10 Å². The molecule has 110 valence electrons. The number of phenols is 1. The van der Waals surface area contributed by atoms with Gasteiger partial charge in [-0.05, 0) is 12.1 Å². The summed E-state index contributed by atoms with van der Waals surface area (Å²) in [6.07, 6.45) is 0.431. The standard InChI is InChI=1S/C13H13N3O5/c1-16-11(18)5-4-9(15-16)12(19)14-7-2-3-8(13(20)21)10(17)6-7/h2-3,6,17H,4-5H2,1H3,(H,14,19)(H,20,21). The molecule has 0 spiro atoms. The molecule has 1 aromatic carbocycles. The van der Waals surface area contributed by atoms with E-state index in [1.165, 1.54) is 19.2 Å².